The molecule has 1 aromatic carbocycles. The lowest BCUT2D eigenvalue weighted by atomic mass is 10.1. The third kappa shape index (κ3) is 3.69. The van der Waals surface area contributed by atoms with Crippen molar-refractivity contribution in [1.29, 1.82) is 0 Å². The molecule has 0 aliphatic heterocycles. The Morgan fingerprint density at radius 3 is 2.96 bits per heavy atom. The van der Waals surface area contributed by atoms with Crippen LogP contribution in [0.4, 0.5) is 0 Å². The number of aromatic nitrogens is 5. The fraction of sp³-hybridized carbons (Fsp3) is 0.143. The van der Waals surface area contributed by atoms with Gasteiger partial charge in [-0.25, -0.2) is 4.98 Å². The number of nitrogens with zero attached hydrogens (tertiary/aromatic N) is 3. The first kappa shape index (κ1) is 15.1. The molecule has 0 spiro atoms. The molecule has 0 fully saturated rings. The zero-order valence-electron chi connectivity index (χ0n) is 12.0. The van der Waals surface area contributed by atoms with E-state index in [1.165, 1.54) is 18.1 Å². The SMILES string of the molecule is O=C(NCCSc1ncn[nH]1)c1cc(-c2ccccc2O)n[nH]1. The maximum atomic E-state index is 12.0. The predicted octanol–water partition coefficient (Wildman–Crippen LogP) is 1.42. The van der Waals surface area contributed by atoms with E-state index in [1.807, 2.05) is 0 Å². The topological polar surface area (TPSA) is 120 Å². The number of H-pyrrole nitrogens is 2. The molecule has 0 aliphatic carbocycles. The van der Waals surface area contributed by atoms with Gasteiger partial charge in [0.05, 0.1) is 5.69 Å². The fourth-order valence-corrected chi connectivity index (χ4v) is 2.57. The standard InChI is InChI=1S/C14H14N6O2S/c21-12-4-2-1-3-9(12)10-7-11(19-18-10)13(22)15-5-6-23-14-16-8-17-20-14/h1-4,7-8,21H,5-6H2,(H,15,22)(H,18,19)(H,16,17,20). The molecule has 0 aliphatic rings. The number of nitrogens with one attached hydrogen (secondary N) is 3. The van der Waals surface area contributed by atoms with Crippen LogP contribution in [0.3, 0.4) is 0 Å². The van der Waals surface area contributed by atoms with Crippen molar-refractivity contribution < 1.29 is 9.90 Å². The van der Waals surface area contributed by atoms with E-state index in [-0.39, 0.29) is 11.7 Å². The quantitative estimate of drug-likeness (QED) is 0.401. The summed E-state index contributed by atoms with van der Waals surface area (Å²) >= 11 is 1.47. The number of phenols is 1. The van der Waals surface area contributed by atoms with E-state index >= 15 is 0 Å². The predicted molar refractivity (Wildman–Crippen MR) is 85.1 cm³/mol. The molecule has 2 heterocycles. The molecule has 0 unspecified atom stereocenters. The number of thioether (sulfide) groups is 1. The molecule has 0 bridgehead atoms. The maximum absolute atomic E-state index is 12.0. The highest BCUT2D eigenvalue weighted by atomic mass is 32.2. The molecule has 3 rings (SSSR count). The Hall–Kier alpha value is -2.81. The maximum Gasteiger partial charge on any atom is 0.269 e. The van der Waals surface area contributed by atoms with Crippen LogP contribution in [0.5, 0.6) is 5.75 Å². The summed E-state index contributed by atoms with van der Waals surface area (Å²) in [6, 6.07) is 8.44. The third-order valence-electron chi connectivity index (χ3n) is 3.02. The van der Waals surface area contributed by atoms with E-state index < -0.39 is 0 Å². The number of rotatable bonds is 6. The van der Waals surface area contributed by atoms with Gasteiger partial charge in [-0.15, -0.1) is 0 Å². The smallest absolute Gasteiger partial charge is 0.269 e. The van der Waals surface area contributed by atoms with Crippen LogP contribution in [0.15, 0.2) is 41.8 Å². The van der Waals surface area contributed by atoms with Crippen LogP contribution in [0.25, 0.3) is 11.3 Å². The van der Waals surface area contributed by atoms with E-state index in [4.69, 9.17) is 0 Å². The molecule has 0 atom stereocenters. The van der Waals surface area contributed by atoms with Crippen molar-refractivity contribution in [3.63, 3.8) is 0 Å². The van der Waals surface area contributed by atoms with Crippen molar-refractivity contribution >= 4 is 17.7 Å². The summed E-state index contributed by atoms with van der Waals surface area (Å²) in [5.74, 6) is 0.535. The summed E-state index contributed by atoms with van der Waals surface area (Å²) in [4.78, 5) is 16.0. The van der Waals surface area contributed by atoms with Crippen LogP contribution < -0.4 is 5.32 Å². The summed E-state index contributed by atoms with van der Waals surface area (Å²) in [6.45, 7) is 0.481. The minimum Gasteiger partial charge on any atom is -0.507 e. The van der Waals surface area contributed by atoms with Gasteiger partial charge in [-0.2, -0.15) is 10.2 Å². The molecule has 0 saturated heterocycles. The number of phenolic OH excluding ortho intramolecular Hbond substituents is 1. The van der Waals surface area contributed by atoms with Gasteiger partial charge in [-0.1, -0.05) is 23.9 Å². The van der Waals surface area contributed by atoms with Crippen molar-refractivity contribution in [1.82, 2.24) is 30.7 Å². The molecule has 0 saturated carbocycles. The number of para-hydroxylation sites is 1. The van der Waals surface area contributed by atoms with Crippen LogP contribution in [-0.2, 0) is 0 Å². The fourth-order valence-electron chi connectivity index (χ4n) is 1.94. The number of benzene rings is 1. The Labute approximate surface area is 135 Å². The monoisotopic (exact) mass is 330 g/mol. The number of aromatic amines is 2. The van der Waals surface area contributed by atoms with E-state index in [2.05, 4.69) is 30.7 Å². The van der Waals surface area contributed by atoms with Crippen LogP contribution in [0, 0.1) is 0 Å². The lowest BCUT2D eigenvalue weighted by molar-refractivity contribution is 0.0951. The second-order valence-corrected chi connectivity index (χ2v) is 5.66. The van der Waals surface area contributed by atoms with E-state index in [0.717, 1.165) is 0 Å². The first-order valence-corrected chi connectivity index (χ1v) is 7.83. The summed E-state index contributed by atoms with van der Waals surface area (Å²) < 4.78 is 0. The summed E-state index contributed by atoms with van der Waals surface area (Å²) in [5.41, 5.74) is 1.43. The van der Waals surface area contributed by atoms with E-state index in [0.29, 0.717) is 34.4 Å². The van der Waals surface area contributed by atoms with Gasteiger partial charge in [-0.05, 0) is 18.2 Å². The molecule has 118 valence electrons. The Kier molecular flexibility index (Phi) is 4.57. The van der Waals surface area contributed by atoms with Crippen LogP contribution in [0.2, 0.25) is 0 Å². The van der Waals surface area contributed by atoms with Crippen LogP contribution in [-0.4, -0.2) is 48.7 Å². The van der Waals surface area contributed by atoms with Crippen LogP contribution >= 0.6 is 11.8 Å². The van der Waals surface area contributed by atoms with Gasteiger partial charge in [0.1, 0.15) is 17.8 Å². The summed E-state index contributed by atoms with van der Waals surface area (Å²) in [6.07, 6.45) is 1.44. The molecule has 4 N–H and O–H groups in total. The number of amides is 1. The molecule has 2 aromatic heterocycles. The minimum absolute atomic E-state index is 0.120. The highest BCUT2D eigenvalue weighted by Gasteiger charge is 2.12. The van der Waals surface area contributed by atoms with Crippen molar-refractivity contribution in [3.05, 3.63) is 42.4 Å². The Morgan fingerprint density at radius 1 is 1.30 bits per heavy atom. The largest absolute Gasteiger partial charge is 0.507 e. The lowest BCUT2D eigenvalue weighted by Gasteiger charge is -2.01. The van der Waals surface area contributed by atoms with Gasteiger partial charge < -0.3 is 10.4 Å². The number of hydrogen-bond acceptors (Lipinski definition) is 6. The van der Waals surface area contributed by atoms with Crippen LogP contribution in [0.1, 0.15) is 10.5 Å². The summed E-state index contributed by atoms with van der Waals surface area (Å²) in [7, 11) is 0. The second kappa shape index (κ2) is 6.97. The molecule has 3 aromatic rings. The molecule has 23 heavy (non-hydrogen) atoms. The first-order valence-electron chi connectivity index (χ1n) is 6.84. The van der Waals surface area contributed by atoms with Crippen molar-refractivity contribution in [3.8, 4) is 17.0 Å². The second-order valence-electron chi connectivity index (χ2n) is 4.58. The molecule has 1 amide bonds. The van der Waals surface area contributed by atoms with Crippen molar-refractivity contribution in [2.75, 3.05) is 12.3 Å². The molecular weight excluding hydrogens is 316 g/mol. The number of carbonyl (C=O) groups is 1. The van der Waals surface area contributed by atoms with E-state index in [1.54, 1.807) is 30.3 Å². The lowest BCUT2D eigenvalue weighted by Crippen LogP contribution is -2.26. The van der Waals surface area contributed by atoms with Crippen molar-refractivity contribution in [2.24, 2.45) is 0 Å². The van der Waals surface area contributed by atoms with Gasteiger partial charge in [0.15, 0.2) is 5.16 Å². The highest BCUT2D eigenvalue weighted by Crippen LogP contribution is 2.27. The number of carbonyl (C=O) groups excluding carboxylic acids is 1. The average molecular weight is 330 g/mol. The van der Waals surface area contributed by atoms with Crippen molar-refractivity contribution in [2.45, 2.75) is 5.16 Å². The van der Waals surface area contributed by atoms with Gasteiger partial charge in [0.2, 0.25) is 0 Å². The molecule has 9 heteroatoms. The number of aromatic hydroxyl groups is 1. The van der Waals surface area contributed by atoms with Gasteiger partial charge in [-0.3, -0.25) is 15.0 Å². The zero-order valence-corrected chi connectivity index (χ0v) is 12.8. The third-order valence-corrected chi connectivity index (χ3v) is 3.90. The zero-order chi connectivity index (χ0) is 16.1. The minimum atomic E-state index is -0.252. The molecule has 8 nitrogen and oxygen atoms in total. The van der Waals surface area contributed by atoms with Gasteiger partial charge >= 0.3 is 0 Å². The summed E-state index contributed by atoms with van der Waals surface area (Å²) in [5, 5.41) is 26.5. The Morgan fingerprint density at radius 2 is 2.17 bits per heavy atom. The normalized spacial score (nSPS) is 10.6. The Balaban J connectivity index is 1.55. The molecular formula is C14H14N6O2S. The highest BCUT2D eigenvalue weighted by molar-refractivity contribution is 7.99. The number of hydrogen-bond donors (Lipinski definition) is 4. The van der Waals surface area contributed by atoms with E-state index in [9.17, 15) is 9.90 Å². The average Bonchev–Trinajstić information content (AvgIpc) is 3.23. The Bertz CT molecular complexity index is 786. The van der Waals surface area contributed by atoms with Gasteiger partial charge in [0.25, 0.3) is 5.91 Å². The van der Waals surface area contributed by atoms with Gasteiger partial charge in [0, 0.05) is 17.9 Å². The molecule has 0 radical (unpaired) electrons. The first-order chi connectivity index (χ1) is 11.2.